The zero-order valence-electron chi connectivity index (χ0n) is 11.9. The molecule has 2 unspecified atom stereocenters. The first kappa shape index (κ1) is 13.8. The summed E-state index contributed by atoms with van der Waals surface area (Å²) in [7, 11) is 0. The van der Waals surface area contributed by atoms with E-state index in [4.69, 9.17) is 4.52 Å². The first-order valence-electron chi connectivity index (χ1n) is 7.14. The average molecular weight is 286 g/mol. The van der Waals surface area contributed by atoms with Crippen molar-refractivity contribution in [3.8, 4) is 11.3 Å². The quantitative estimate of drug-likeness (QED) is 0.919. The lowest BCUT2D eigenvalue weighted by Crippen LogP contribution is -2.45. The molecule has 5 heteroatoms. The van der Waals surface area contributed by atoms with Gasteiger partial charge in [-0.1, -0.05) is 42.4 Å². The SMILES string of the molecule is CC1CCN(C(=O)c2cc(-c3ccccc3)no2)CC1O. The topological polar surface area (TPSA) is 66.6 Å². The van der Waals surface area contributed by atoms with Gasteiger partial charge in [-0.05, 0) is 12.3 Å². The van der Waals surface area contributed by atoms with E-state index < -0.39 is 6.10 Å². The lowest BCUT2D eigenvalue weighted by atomic mass is 9.96. The lowest BCUT2D eigenvalue weighted by Gasteiger charge is -2.33. The molecule has 5 nitrogen and oxygen atoms in total. The number of benzene rings is 1. The Hall–Kier alpha value is -2.14. The van der Waals surface area contributed by atoms with E-state index in [2.05, 4.69) is 5.16 Å². The van der Waals surface area contributed by atoms with Crippen LogP contribution in [0.4, 0.5) is 0 Å². The van der Waals surface area contributed by atoms with Crippen molar-refractivity contribution in [1.29, 1.82) is 0 Å². The number of likely N-dealkylation sites (tertiary alicyclic amines) is 1. The van der Waals surface area contributed by atoms with E-state index in [-0.39, 0.29) is 17.6 Å². The number of nitrogens with zero attached hydrogens (tertiary/aromatic N) is 2. The van der Waals surface area contributed by atoms with E-state index in [9.17, 15) is 9.90 Å². The molecular formula is C16H18N2O3. The van der Waals surface area contributed by atoms with Crippen LogP contribution < -0.4 is 0 Å². The number of hydrogen-bond acceptors (Lipinski definition) is 4. The highest BCUT2D eigenvalue weighted by atomic mass is 16.5. The number of piperidine rings is 1. The van der Waals surface area contributed by atoms with Gasteiger partial charge in [0.2, 0.25) is 5.76 Å². The van der Waals surface area contributed by atoms with Crippen molar-refractivity contribution in [3.05, 3.63) is 42.2 Å². The average Bonchev–Trinajstić information content (AvgIpc) is 3.00. The molecule has 21 heavy (non-hydrogen) atoms. The molecule has 1 aliphatic heterocycles. The van der Waals surface area contributed by atoms with E-state index in [1.54, 1.807) is 11.0 Å². The molecule has 1 fully saturated rings. The Morgan fingerprint density at radius 3 is 2.86 bits per heavy atom. The van der Waals surface area contributed by atoms with Crippen molar-refractivity contribution >= 4 is 5.91 Å². The van der Waals surface area contributed by atoms with Crippen molar-refractivity contribution in [3.63, 3.8) is 0 Å². The number of β-amino-alcohol motifs (C(OH)–C–C–N with tert-alkyl or cyclic N) is 1. The van der Waals surface area contributed by atoms with Crippen LogP contribution in [0.2, 0.25) is 0 Å². The Kier molecular flexibility index (Phi) is 3.75. The third-order valence-corrected chi connectivity index (χ3v) is 4.00. The van der Waals surface area contributed by atoms with Crippen LogP contribution in [0.15, 0.2) is 40.9 Å². The summed E-state index contributed by atoms with van der Waals surface area (Å²) in [4.78, 5) is 14.0. The van der Waals surface area contributed by atoms with E-state index in [0.29, 0.717) is 18.8 Å². The number of carbonyl (C=O) groups is 1. The van der Waals surface area contributed by atoms with Gasteiger partial charge in [0.15, 0.2) is 0 Å². The summed E-state index contributed by atoms with van der Waals surface area (Å²) in [5.74, 6) is 0.231. The molecule has 0 bridgehead atoms. The van der Waals surface area contributed by atoms with Crippen LogP contribution in [-0.2, 0) is 0 Å². The van der Waals surface area contributed by atoms with Crippen LogP contribution in [0, 0.1) is 5.92 Å². The predicted molar refractivity (Wildman–Crippen MR) is 77.6 cm³/mol. The molecule has 0 spiro atoms. The van der Waals surface area contributed by atoms with E-state index >= 15 is 0 Å². The fourth-order valence-corrected chi connectivity index (χ4v) is 2.51. The maximum atomic E-state index is 12.4. The number of amides is 1. The van der Waals surface area contributed by atoms with Gasteiger partial charge in [0.25, 0.3) is 5.91 Å². The molecule has 110 valence electrons. The second kappa shape index (κ2) is 5.69. The fraction of sp³-hybridized carbons (Fsp3) is 0.375. The van der Waals surface area contributed by atoms with Crippen molar-refractivity contribution in [2.24, 2.45) is 5.92 Å². The molecule has 1 amide bonds. The maximum absolute atomic E-state index is 12.4. The highest BCUT2D eigenvalue weighted by molar-refractivity contribution is 5.92. The van der Waals surface area contributed by atoms with Gasteiger partial charge in [0, 0.05) is 24.7 Å². The van der Waals surface area contributed by atoms with Crippen molar-refractivity contribution < 1.29 is 14.4 Å². The Bertz CT molecular complexity index is 623. The summed E-state index contributed by atoms with van der Waals surface area (Å²) in [6, 6.07) is 11.2. The maximum Gasteiger partial charge on any atom is 0.292 e. The molecule has 1 saturated heterocycles. The van der Waals surface area contributed by atoms with Crippen LogP contribution in [-0.4, -0.2) is 40.3 Å². The van der Waals surface area contributed by atoms with Gasteiger partial charge in [-0.25, -0.2) is 0 Å². The van der Waals surface area contributed by atoms with Gasteiger partial charge in [-0.3, -0.25) is 4.79 Å². The number of carbonyl (C=O) groups excluding carboxylic acids is 1. The Balaban J connectivity index is 1.76. The molecule has 1 aromatic heterocycles. The Labute approximate surface area is 123 Å². The zero-order chi connectivity index (χ0) is 14.8. The summed E-state index contributed by atoms with van der Waals surface area (Å²) < 4.78 is 5.17. The molecule has 2 aromatic rings. The number of aliphatic hydroxyl groups is 1. The van der Waals surface area contributed by atoms with E-state index in [1.165, 1.54) is 0 Å². The fourth-order valence-electron chi connectivity index (χ4n) is 2.51. The van der Waals surface area contributed by atoms with Gasteiger partial charge in [-0.15, -0.1) is 0 Å². The highest BCUT2D eigenvalue weighted by Crippen LogP contribution is 2.22. The third kappa shape index (κ3) is 2.83. The Morgan fingerprint density at radius 2 is 2.14 bits per heavy atom. The van der Waals surface area contributed by atoms with Gasteiger partial charge in [0.1, 0.15) is 5.69 Å². The lowest BCUT2D eigenvalue weighted by molar-refractivity contribution is 0.0226. The zero-order valence-corrected chi connectivity index (χ0v) is 11.9. The molecule has 1 aromatic carbocycles. The second-order valence-electron chi connectivity index (χ2n) is 5.53. The number of hydrogen-bond donors (Lipinski definition) is 1. The summed E-state index contributed by atoms with van der Waals surface area (Å²) >= 11 is 0. The van der Waals surface area contributed by atoms with Crippen LogP contribution >= 0.6 is 0 Å². The number of rotatable bonds is 2. The van der Waals surface area contributed by atoms with Crippen LogP contribution in [0.5, 0.6) is 0 Å². The largest absolute Gasteiger partial charge is 0.391 e. The van der Waals surface area contributed by atoms with Crippen LogP contribution in [0.3, 0.4) is 0 Å². The number of aliphatic hydroxyl groups excluding tert-OH is 1. The minimum absolute atomic E-state index is 0.212. The first-order chi connectivity index (χ1) is 10.1. The van der Waals surface area contributed by atoms with Gasteiger partial charge in [0.05, 0.1) is 6.10 Å². The molecule has 1 aliphatic rings. The van der Waals surface area contributed by atoms with E-state index in [0.717, 1.165) is 12.0 Å². The summed E-state index contributed by atoms with van der Waals surface area (Å²) in [5.41, 5.74) is 1.55. The minimum Gasteiger partial charge on any atom is -0.391 e. The van der Waals surface area contributed by atoms with Crippen molar-refractivity contribution in [2.75, 3.05) is 13.1 Å². The summed E-state index contributed by atoms with van der Waals surface area (Å²) in [5, 5.41) is 13.8. The highest BCUT2D eigenvalue weighted by Gasteiger charge is 2.29. The summed E-state index contributed by atoms with van der Waals surface area (Å²) in [6.07, 6.45) is 0.325. The molecule has 0 saturated carbocycles. The van der Waals surface area contributed by atoms with Crippen molar-refractivity contribution in [2.45, 2.75) is 19.4 Å². The van der Waals surface area contributed by atoms with Crippen LogP contribution in [0.25, 0.3) is 11.3 Å². The predicted octanol–water partition coefficient (Wildman–Crippen LogP) is 2.18. The molecular weight excluding hydrogens is 268 g/mol. The van der Waals surface area contributed by atoms with Gasteiger partial charge >= 0.3 is 0 Å². The van der Waals surface area contributed by atoms with E-state index in [1.807, 2.05) is 37.3 Å². The minimum atomic E-state index is -0.473. The first-order valence-corrected chi connectivity index (χ1v) is 7.14. The smallest absolute Gasteiger partial charge is 0.292 e. The molecule has 2 atom stereocenters. The van der Waals surface area contributed by atoms with Gasteiger partial charge < -0.3 is 14.5 Å². The van der Waals surface area contributed by atoms with Gasteiger partial charge in [-0.2, -0.15) is 0 Å². The number of aromatic nitrogens is 1. The molecule has 1 N–H and O–H groups in total. The molecule has 2 heterocycles. The van der Waals surface area contributed by atoms with Crippen LogP contribution in [0.1, 0.15) is 23.9 Å². The monoisotopic (exact) mass is 286 g/mol. The third-order valence-electron chi connectivity index (χ3n) is 4.00. The summed E-state index contributed by atoms with van der Waals surface area (Å²) in [6.45, 7) is 2.98. The van der Waals surface area contributed by atoms with Crippen molar-refractivity contribution in [1.82, 2.24) is 10.1 Å². The molecule has 0 radical (unpaired) electrons. The Morgan fingerprint density at radius 1 is 1.38 bits per heavy atom. The molecule has 0 aliphatic carbocycles. The standard InChI is InChI=1S/C16H18N2O3/c1-11-7-8-18(10-14(11)19)16(20)15-9-13(17-21-15)12-5-3-2-4-6-12/h2-6,9,11,14,19H,7-8,10H2,1H3. The second-order valence-corrected chi connectivity index (χ2v) is 5.53. The normalized spacial score (nSPS) is 22.3. The molecule has 3 rings (SSSR count).